The van der Waals surface area contributed by atoms with Gasteiger partial charge in [0.25, 0.3) is 0 Å². The lowest BCUT2D eigenvalue weighted by molar-refractivity contribution is 0.202. The van der Waals surface area contributed by atoms with E-state index < -0.39 is 0 Å². The molecule has 0 radical (unpaired) electrons. The van der Waals surface area contributed by atoms with E-state index in [0.29, 0.717) is 34.5 Å². The van der Waals surface area contributed by atoms with Gasteiger partial charge >= 0.3 is 0 Å². The van der Waals surface area contributed by atoms with E-state index in [1.165, 1.54) is 44.1 Å². The van der Waals surface area contributed by atoms with E-state index in [0.717, 1.165) is 113 Å². The molecule has 15 aromatic rings. The zero-order valence-corrected chi connectivity index (χ0v) is 60.9. The van der Waals surface area contributed by atoms with Crippen molar-refractivity contribution < 1.29 is 38.6 Å². The second-order valence-electron chi connectivity index (χ2n) is 25.1. The first-order valence-corrected chi connectivity index (χ1v) is 39.4. The van der Waals surface area contributed by atoms with Gasteiger partial charge in [0.05, 0.1) is 18.8 Å². The minimum Gasteiger partial charge on any atom is -0.491 e. The maximum atomic E-state index is 10.1. The lowest BCUT2D eigenvalue weighted by Crippen LogP contribution is -2.14. The van der Waals surface area contributed by atoms with Crippen LogP contribution in [0.3, 0.4) is 0 Å². The average Bonchev–Trinajstić information content (AvgIpc) is 0.752. The molecule has 0 amide bonds. The Morgan fingerprint density at radius 2 is 0.471 bits per heavy atom. The fourth-order valence-electron chi connectivity index (χ4n) is 14.1. The van der Waals surface area contributed by atoms with Crippen molar-refractivity contribution in [2.24, 2.45) is 0 Å². The highest BCUT2D eigenvalue weighted by molar-refractivity contribution is 8.06. The Balaban J connectivity index is 0.808. The molecular weight excluding hydrogens is 1400 g/mol. The van der Waals surface area contributed by atoms with Crippen molar-refractivity contribution in [3.05, 3.63) is 279 Å². The number of aliphatic hydroxyl groups is 2. The zero-order valence-electron chi connectivity index (χ0n) is 56.0. The van der Waals surface area contributed by atoms with E-state index in [9.17, 15) is 10.2 Å². The van der Waals surface area contributed by atoms with E-state index >= 15 is 0 Å². The minimum atomic E-state index is -0.133. The third kappa shape index (κ3) is 12.8. The quantitative estimate of drug-likeness (QED) is 0.0668. The largest absolute Gasteiger partial charge is 0.491 e. The van der Waals surface area contributed by atoms with E-state index in [2.05, 4.69) is 255 Å². The highest BCUT2D eigenvalue weighted by atomic mass is 32.2. The number of aliphatic hydroxyl groups excluding tert-OH is 2. The molecule has 3 aliphatic rings. The molecule has 0 aliphatic carbocycles. The standard InChI is InChI=1S/C90H64O8S6/c91-43-45-93-68-36-29-55-15-1-5-19-62(55)85(68)87-64-21-7-3-17-57(64)31-38-70(87)95-47-49-97-89-66(59-33-40-78-81(51-59)102-75-26-12-9-23-72(75)99-78)54-67(60-34-41-79-82(52-60)103-76-27-13-10-24-73(76)100-79)90(84(89)61-35-42-80-83(53-61)104-77-28-14-11-25-74(77)101-80)98-50-48-96-71-39-32-58-18-4-8-22-65(58)88(71)86-63-20-6-2-16-56(63)30-37-69(86)94-46-44-92/h1-42,51-54,91-92H,43-50H2. The average molecular weight is 1470 g/mol. The normalized spacial score (nSPS) is 12.6. The van der Waals surface area contributed by atoms with Gasteiger partial charge in [0.15, 0.2) is 0 Å². The van der Waals surface area contributed by atoms with Crippen LogP contribution in [0.1, 0.15) is 0 Å². The van der Waals surface area contributed by atoms with Crippen LogP contribution in [0.15, 0.2) is 338 Å². The Morgan fingerprint density at radius 3 is 0.798 bits per heavy atom. The molecule has 0 fully saturated rings. The van der Waals surface area contributed by atoms with Crippen LogP contribution in [-0.4, -0.2) is 63.1 Å². The Labute approximate surface area is 628 Å². The monoisotopic (exact) mass is 1460 g/mol. The van der Waals surface area contributed by atoms with Crippen LogP contribution in [0, 0.1) is 0 Å². The number of fused-ring (bicyclic) bond motifs is 10. The molecular formula is C90H64O8S6. The molecule has 14 heteroatoms. The Bertz CT molecular complexity index is 5560. The van der Waals surface area contributed by atoms with Crippen LogP contribution >= 0.6 is 70.6 Å². The molecule has 18 rings (SSSR count). The summed E-state index contributed by atoms with van der Waals surface area (Å²) in [6.45, 7) is 0.591. The van der Waals surface area contributed by atoms with E-state index in [-0.39, 0.29) is 52.9 Å². The van der Waals surface area contributed by atoms with Gasteiger partial charge < -0.3 is 38.6 Å². The summed E-state index contributed by atoms with van der Waals surface area (Å²) < 4.78 is 42.4. The second kappa shape index (κ2) is 29.4. The molecule has 0 spiro atoms. The maximum Gasteiger partial charge on any atom is 0.138 e. The minimum absolute atomic E-state index is 0.131. The van der Waals surface area contributed by atoms with Crippen molar-refractivity contribution in [1.82, 2.24) is 0 Å². The molecule has 8 nitrogen and oxygen atoms in total. The van der Waals surface area contributed by atoms with Gasteiger partial charge in [-0.05, 0) is 163 Å². The molecule has 3 aliphatic heterocycles. The SMILES string of the molecule is OCCOc1ccc2ccccc2c1-c1c(OCCOc2c(-c3ccc4c(c3)Sc3ccccc3S4)cc(-c3ccc4c(c3)Sc3ccccc3S4)c(OCCOc3ccc4ccccc4c3-c3c(OCCO)ccc4ccccc34)c2-c2ccc3c(c2)Sc2ccccc2S3)ccc2ccccc12. The van der Waals surface area contributed by atoms with Crippen molar-refractivity contribution >= 4 is 114 Å². The summed E-state index contributed by atoms with van der Waals surface area (Å²) in [7, 11) is 0. The number of hydrogen-bond acceptors (Lipinski definition) is 14. The van der Waals surface area contributed by atoms with Crippen molar-refractivity contribution in [2.75, 3.05) is 52.9 Å². The first-order chi connectivity index (χ1) is 51.5. The van der Waals surface area contributed by atoms with Gasteiger partial charge in [-0.15, -0.1) is 0 Å². The molecule has 0 saturated heterocycles. The zero-order chi connectivity index (χ0) is 69.5. The van der Waals surface area contributed by atoms with Crippen LogP contribution < -0.4 is 28.4 Å². The van der Waals surface area contributed by atoms with Crippen molar-refractivity contribution in [3.63, 3.8) is 0 Å². The van der Waals surface area contributed by atoms with Crippen LogP contribution in [-0.2, 0) is 0 Å². The summed E-state index contributed by atoms with van der Waals surface area (Å²) in [6, 6.07) is 98.5. The predicted molar refractivity (Wildman–Crippen MR) is 428 cm³/mol. The summed E-state index contributed by atoms with van der Waals surface area (Å²) in [5.74, 6) is 3.92. The van der Waals surface area contributed by atoms with Crippen LogP contribution in [0.4, 0.5) is 0 Å². The van der Waals surface area contributed by atoms with Crippen LogP contribution in [0.2, 0.25) is 0 Å². The molecule has 508 valence electrons. The lowest BCUT2D eigenvalue weighted by atomic mass is 9.90. The molecule has 0 saturated carbocycles. The fourth-order valence-corrected chi connectivity index (χ4v) is 20.9. The van der Waals surface area contributed by atoms with Gasteiger partial charge in [-0.1, -0.05) is 246 Å². The molecule has 0 atom stereocenters. The third-order valence-corrected chi connectivity index (χ3v) is 26.4. The van der Waals surface area contributed by atoms with Gasteiger partial charge in [0, 0.05) is 92.1 Å². The number of benzene rings is 15. The third-order valence-electron chi connectivity index (χ3n) is 18.8. The summed E-state index contributed by atoms with van der Waals surface area (Å²) in [5, 5.41) is 28.5. The summed E-state index contributed by atoms with van der Waals surface area (Å²) >= 11 is 10.8. The van der Waals surface area contributed by atoms with Gasteiger partial charge in [0.1, 0.15) is 74.1 Å². The van der Waals surface area contributed by atoms with Gasteiger partial charge in [-0.2, -0.15) is 0 Å². The fraction of sp³-hybridized carbons (Fsp3) is 0.0889. The molecule has 0 aromatic heterocycles. The van der Waals surface area contributed by atoms with Gasteiger partial charge in [-0.3, -0.25) is 0 Å². The van der Waals surface area contributed by atoms with E-state index in [4.69, 9.17) is 28.4 Å². The molecule has 104 heavy (non-hydrogen) atoms. The molecule has 0 unspecified atom stereocenters. The Morgan fingerprint density at radius 1 is 0.212 bits per heavy atom. The molecule has 15 aromatic carbocycles. The first kappa shape index (κ1) is 66.1. The predicted octanol–water partition coefficient (Wildman–Crippen LogP) is 24.1. The maximum absolute atomic E-state index is 10.1. The number of rotatable bonds is 21. The van der Waals surface area contributed by atoms with E-state index in [1.807, 2.05) is 24.3 Å². The highest BCUT2D eigenvalue weighted by Gasteiger charge is 2.30. The van der Waals surface area contributed by atoms with Crippen molar-refractivity contribution in [1.29, 1.82) is 0 Å². The Hall–Kier alpha value is -9.84. The molecule has 2 N–H and O–H groups in total. The highest BCUT2D eigenvalue weighted by Crippen LogP contribution is 2.58. The summed E-state index contributed by atoms with van der Waals surface area (Å²) in [5.41, 5.74) is 9.03. The summed E-state index contributed by atoms with van der Waals surface area (Å²) in [6.07, 6.45) is 0. The molecule has 0 bridgehead atoms. The van der Waals surface area contributed by atoms with Crippen LogP contribution in [0.25, 0.3) is 98.7 Å². The number of ether oxygens (including phenoxy) is 6. The second-order valence-corrected chi connectivity index (χ2v) is 31.6. The summed E-state index contributed by atoms with van der Waals surface area (Å²) in [4.78, 5) is 14.3. The Kier molecular flexibility index (Phi) is 18.7. The van der Waals surface area contributed by atoms with Gasteiger partial charge in [0.2, 0.25) is 0 Å². The van der Waals surface area contributed by atoms with E-state index in [1.54, 1.807) is 70.6 Å². The van der Waals surface area contributed by atoms with Crippen LogP contribution in [0.5, 0.6) is 34.5 Å². The number of hydrogen-bond donors (Lipinski definition) is 2. The van der Waals surface area contributed by atoms with Crippen molar-refractivity contribution in [2.45, 2.75) is 58.7 Å². The topological polar surface area (TPSA) is 95.8 Å². The first-order valence-electron chi connectivity index (χ1n) is 34.5. The van der Waals surface area contributed by atoms with Gasteiger partial charge in [-0.25, -0.2) is 0 Å². The molecule has 3 heterocycles. The van der Waals surface area contributed by atoms with Crippen molar-refractivity contribution in [3.8, 4) is 90.1 Å². The smallest absolute Gasteiger partial charge is 0.138 e. The lowest BCUT2D eigenvalue weighted by Gasteiger charge is -2.26.